The Bertz CT molecular complexity index is 470. The van der Waals surface area contributed by atoms with Crippen LogP contribution in [0.2, 0.25) is 0 Å². The summed E-state index contributed by atoms with van der Waals surface area (Å²) >= 11 is 0. The summed E-state index contributed by atoms with van der Waals surface area (Å²) in [5.74, 6) is 2.53. The molecule has 110 valence electrons. The molecule has 1 aromatic rings. The molecule has 0 aromatic heterocycles. The fourth-order valence-corrected chi connectivity index (χ4v) is 4.81. The van der Waals surface area contributed by atoms with E-state index in [1.807, 2.05) is 0 Å². The molecule has 20 heavy (non-hydrogen) atoms. The molecule has 0 saturated heterocycles. The lowest BCUT2D eigenvalue weighted by Gasteiger charge is -2.46. The van der Waals surface area contributed by atoms with Gasteiger partial charge in [0.25, 0.3) is 0 Å². The van der Waals surface area contributed by atoms with Crippen molar-refractivity contribution in [1.82, 2.24) is 0 Å². The molecule has 0 aliphatic heterocycles. The van der Waals surface area contributed by atoms with Crippen LogP contribution >= 0.6 is 0 Å². The average molecular weight is 272 g/mol. The molecule has 4 unspecified atom stereocenters. The van der Waals surface area contributed by atoms with Crippen molar-refractivity contribution in [3.05, 3.63) is 35.4 Å². The van der Waals surface area contributed by atoms with E-state index in [0.717, 1.165) is 24.7 Å². The van der Waals surface area contributed by atoms with Crippen LogP contribution in [-0.2, 0) is 5.60 Å². The summed E-state index contributed by atoms with van der Waals surface area (Å²) in [6.45, 7) is 7.00. The van der Waals surface area contributed by atoms with Crippen molar-refractivity contribution in [3.63, 3.8) is 0 Å². The summed E-state index contributed by atoms with van der Waals surface area (Å²) in [6.07, 6.45) is 5.75. The smallest absolute Gasteiger partial charge is 0.0927 e. The molecule has 2 aliphatic carbocycles. The number of hydrogen-bond donors (Lipinski definition) is 1. The van der Waals surface area contributed by atoms with Gasteiger partial charge in [-0.15, -0.1) is 0 Å². The molecule has 1 N–H and O–H groups in total. The third-order valence-corrected chi connectivity index (χ3v) is 5.77. The molecule has 0 radical (unpaired) electrons. The Morgan fingerprint density at radius 2 is 1.65 bits per heavy atom. The molecule has 0 amide bonds. The maximum Gasteiger partial charge on any atom is 0.0927 e. The van der Waals surface area contributed by atoms with Gasteiger partial charge >= 0.3 is 0 Å². The second-order valence-electron chi connectivity index (χ2n) is 7.57. The van der Waals surface area contributed by atoms with Crippen molar-refractivity contribution >= 4 is 0 Å². The quantitative estimate of drug-likeness (QED) is 0.775. The van der Waals surface area contributed by atoms with Crippen LogP contribution < -0.4 is 0 Å². The first-order chi connectivity index (χ1) is 9.50. The minimum atomic E-state index is -0.577. The fraction of sp³-hybridized carbons (Fsp3) is 0.684. The first kappa shape index (κ1) is 14.1. The summed E-state index contributed by atoms with van der Waals surface area (Å²) < 4.78 is 0. The van der Waals surface area contributed by atoms with E-state index in [1.54, 1.807) is 0 Å². The predicted molar refractivity (Wildman–Crippen MR) is 83.7 cm³/mol. The van der Waals surface area contributed by atoms with Crippen molar-refractivity contribution < 1.29 is 5.11 Å². The normalized spacial score (nSPS) is 41.2. The molecular formula is C19H28O. The van der Waals surface area contributed by atoms with Crippen molar-refractivity contribution in [2.75, 3.05) is 0 Å². The highest BCUT2D eigenvalue weighted by molar-refractivity contribution is 5.38. The summed E-state index contributed by atoms with van der Waals surface area (Å²) in [7, 11) is 0. The van der Waals surface area contributed by atoms with Crippen LogP contribution in [0.1, 0.15) is 69.9 Å². The van der Waals surface area contributed by atoms with E-state index in [9.17, 15) is 5.11 Å². The SMILES string of the molecule is CC1CC(C)CC(C2(O)CCC(C)c3ccccc32)C1. The molecule has 2 aliphatic rings. The predicted octanol–water partition coefficient (Wildman–Crippen LogP) is 4.84. The number of rotatable bonds is 1. The highest BCUT2D eigenvalue weighted by Gasteiger charge is 2.45. The third kappa shape index (κ3) is 2.30. The van der Waals surface area contributed by atoms with Gasteiger partial charge in [-0.05, 0) is 66.9 Å². The lowest BCUT2D eigenvalue weighted by atomic mass is 9.62. The van der Waals surface area contributed by atoms with Crippen LogP contribution in [0.3, 0.4) is 0 Å². The van der Waals surface area contributed by atoms with Gasteiger partial charge in [0.15, 0.2) is 0 Å². The van der Waals surface area contributed by atoms with Gasteiger partial charge in [0.1, 0.15) is 0 Å². The Labute approximate surface area is 123 Å². The molecule has 1 heteroatoms. The van der Waals surface area contributed by atoms with E-state index in [-0.39, 0.29) is 0 Å². The van der Waals surface area contributed by atoms with Crippen molar-refractivity contribution in [1.29, 1.82) is 0 Å². The van der Waals surface area contributed by atoms with Crippen LogP contribution in [-0.4, -0.2) is 5.11 Å². The number of aliphatic hydroxyl groups is 1. The molecule has 3 rings (SSSR count). The number of hydrogen-bond acceptors (Lipinski definition) is 1. The van der Waals surface area contributed by atoms with E-state index in [0.29, 0.717) is 11.8 Å². The van der Waals surface area contributed by atoms with Crippen LogP contribution in [0.15, 0.2) is 24.3 Å². The summed E-state index contributed by atoms with van der Waals surface area (Å²) in [6, 6.07) is 8.61. The lowest BCUT2D eigenvalue weighted by Crippen LogP contribution is -2.42. The zero-order valence-electron chi connectivity index (χ0n) is 13.1. The van der Waals surface area contributed by atoms with Gasteiger partial charge in [-0.3, -0.25) is 0 Å². The van der Waals surface area contributed by atoms with E-state index in [4.69, 9.17) is 0 Å². The maximum absolute atomic E-state index is 11.5. The van der Waals surface area contributed by atoms with Gasteiger partial charge in [0.2, 0.25) is 0 Å². The molecule has 1 fully saturated rings. The minimum absolute atomic E-state index is 0.440. The average Bonchev–Trinajstić information content (AvgIpc) is 2.42. The van der Waals surface area contributed by atoms with Crippen LogP contribution in [0.4, 0.5) is 0 Å². The number of fused-ring (bicyclic) bond motifs is 1. The van der Waals surface area contributed by atoms with E-state index in [2.05, 4.69) is 45.0 Å². The summed E-state index contributed by atoms with van der Waals surface area (Å²) in [5, 5.41) is 11.5. The zero-order valence-corrected chi connectivity index (χ0v) is 13.1. The highest BCUT2D eigenvalue weighted by atomic mass is 16.3. The van der Waals surface area contributed by atoms with E-state index >= 15 is 0 Å². The Kier molecular flexibility index (Phi) is 3.66. The topological polar surface area (TPSA) is 20.2 Å². The molecule has 0 spiro atoms. The Hall–Kier alpha value is -0.820. The standard InChI is InChI=1S/C19H28O/c1-13-10-14(2)12-16(11-13)19(20)9-8-15(3)17-6-4-5-7-18(17)19/h4-7,13-16,20H,8-12H2,1-3H3. The van der Waals surface area contributed by atoms with Crippen LogP contribution in [0, 0.1) is 17.8 Å². The van der Waals surface area contributed by atoms with Crippen molar-refractivity contribution in [2.45, 2.75) is 64.4 Å². The molecule has 4 atom stereocenters. The monoisotopic (exact) mass is 272 g/mol. The highest BCUT2D eigenvalue weighted by Crippen LogP contribution is 2.50. The second kappa shape index (κ2) is 5.18. The van der Waals surface area contributed by atoms with Gasteiger partial charge in [-0.1, -0.05) is 45.0 Å². The van der Waals surface area contributed by atoms with Crippen molar-refractivity contribution in [3.8, 4) is 0 Å². The first-order valence-electron chi connectivity index (χ1n) is 8.32. The largest absolute Gasteiger partial charge is 0.385 e. The van der Waals surface area contributed by atoms with Crippen LogP contribution in [0.25, 0.3) is 0 Å². The Morgan fingerprint density at radius 1 is 1.00 bits per heavy atom. The molecule has 0 bridgehead atoms. The third-order valence-electron chi connectivity index (χ3n) is 5.77. The molecule has 1 saturated carbocycles. The second-order valence-corrected chi connectivity index (χ2v) is 7.57. The van der Waals surface area contributed by atoms with E-state index in [1.165, 1.54) is 30.4 Å². The Morgan fingerprint density at radius 3 is 2.35 bits per heavy atom. The molecule has 1 nitrogen and oxygen atoms in total. The van der Waals surface area contributed by atoms with Gasteiger partial charge in [-0.25, -0.2) is 0 Å². The minimum Gasteiger partial charge on any atom is -0.385 e. The fourth-order valence-electron chi connectivity index (χ4n) is 4.81. The molecular weight excluding hydrogens is 244 g/mol. The maximum atomic E-state index is 11.5. The Balaban J connectivity index is 1.98. The zero-order chi connectivity index (χ0) is 14.3. The van der Waals surface area contributed by atoms with Gasteiger partial charge in [0, 0.05) is 0 Å². The molecule has 0 heterocycles. The van der Waals surface area contributed by atoms with Gasteiger partial charge in [-0.2, -0.15) is 0 Å². The first-order valence-corrected chi connectivity index (χ1v) is 8.32. The van der Waals surface area contributed by atoms with Gasteiger partial charge < -0.3 is 5.11 Å². The van der Waals surface area contributed by atoms with Gasteiger partial charge in [0.05, 0.1) is 5.60 Å². The summed E-state index contributed by atoms with van der Waals surface area (Å²) in [4.78, 5) is 0. The lowest BCUT2D eigenvalue weighted by molar-refractivity contribution is -0.0688. The van der Waals surface area contributed by atoms with E-state index < -0.39 is 5.60 Å². The summed E-state index contributed by atoms with van der Waals surface area (Å²) in [5.41, 5.74) is 2.03. The number of benzene rings is 1. The van der Waals surface area contributed by atoms with Crippen molar-refractivity contribution in [2.24, 2.45) is 17.8 Å². The molecule has 1 aromatic carbocycles. The van der Waals surface area contributed by atoms with Crippen LogP contribution in [0.5, 0.6) is 0 Å².